The SMILES string of the molecule is Cc1ncc2c(c1-c1noc(CCSCc3ccccc3)n1)CCNC2.Cl. The molecule has 1 aliphatic rings. The van der Waals surface area contributed by atoms with Crippen LogP contribution < -0.4 is 5.32 Å². The summed E-state index contributed by atoms with van der Waals surface area (Å²) in [5, 5.41) is 7.62. The zero-order valence-electron chi connectivity index (χ0n) is 15.3. The Bertz CT molecular complexity index is 885. The third-order valence-electron chi connectivity index (χ3n) is 4.60. The van der Waals surface area contributed by atoms with Gasteiger partial charge in [0.05, 0.1) is 0 Å². The Hall–Kier alpha value is -1.89. The maximum atomic E-state index is 5.50. The molecular weight excluding hydrogens is 380 g/mol. The van der Waals surface area contributed by atoms with Crippen molar-refractivity contribution in [1.29, 1.82) is 0 Å². The smallest absolute Gasteiger partial charge is 0.227 e. The van der Waals surface area contributed by atoms with Crippen molar-refractivity contribution in [3.05, 3.63) is 64.8 Å². The van der Waals surface area contributed by atoms with Crippen LogP contribution in [-0.2, 0) is 25.1 Å². The van der Waals surface area contributed by atoms with E-state index in [0.717, 1.165) is 48.7 Å². The van der Waals surface area contributed by atoms with E-state index in [1.165, 1.54) is 16.7 Å². The minimum absolute atomic E-state index is 0. The minimum Gasteiger partial charge on any atom is -0.339 e. The predicted octanol–water partition coefficient (Wildman–Crippen LogP) is 3.98. The van der Waals surface area contributed by atoms with Gasteiger partial charge < -0.3 is 9.84 Å². The largest absolute Gasteiger partial charge is 0.339 e. The number of aryl methyl sites for hydroxylation is 2. The minimum atomic E-state index is 0. The van der Waals surface area contributed by atoms with Crippen LogP contribution in [-0.4, -0.2) is 27.4 Å². The number of thioether (sulfide) groups is 1. The number of nitrogens with one attached hydrogen (secondary N) is 1. The zero-order chi connectivity index (χ0) is 17.8. The summed E-state index contributed by atoms with van der Waals surface area (Å²) < 4.78 is 5.50. The Balaban J connectivity index is 0.00000210. The Morgan fingerprint density at radius 3 is 2.93 bits per heavy atom. The summed E-state index contributed by atoms with van der Waals surface area (Å²) in [7, 11) is 0. The Morgan fingerprint density at radius 1 is 1.22 bits per heavy atom. The number of aromatic nitrogens is 3. The molecule has 1 aliphatic heterocycles. The molecule has 1 N–H and O–H groups in total. The van der Waals surface area contributed by atoms with Gasteiger partial charge in [-0.15, -0.1) is 12.4 Å². The third kappa shape index (κ3) is 4.69. The van der Waals surface area contributed by atoms with Gasteiger partial charge in [0.25, 0.3) is 0 Å². The van der Waals surface area contributed by atoms with E-state index >= 15 is 0 Å². The highest BCUT2D eigenvalue weighted by Gasteiger charge is 2.20. The van der Waals surface area contributed by atoms with Gasteiger partial charge in [-0.05, 0) is 36.6 Å². The first-order valence-corrected chi connectivity index (χ1v) is 10.1. The Labute approximate surface area is 169 Å². The van der Waals surface area contributed by atoms with Crippen LogP contribution in [0.1, 0.15) is 28.3 Å². The van der Waals surface area contributed by atoms with Crippen molar-refractivity contribution in [2.45, 2.75) is 32.1 Å². The summed E-state index contributed by atoms with van der Waals surface area (Å²) in [6.45, 7) is 3.85. The van der Waals surface area contributed by atoms with E-state index in [0.29, 0.717) is 11.7 Å². The topological polar surface area (TPSA) is 63.8 Å². The molecule has 0 bridgehead atoms. The molecule has 5 nitrogen and oxygen atoms in total. The highest BCUT2D eigenvalue weighted by Crippen LogP contribution is 2.28. The van der Waals surface area contributed by atoms with Gasteiger partial charge in [-0.3, -0.25) is 4.98 Å². The molecule has 0 radical (unpaired) electrons. The van der Waals surface area contributed by atoms with Crippen LogP contribution in [0, 0.1) is 6.92 Å². The van der Waals surface area contributed by atoms with Crippen molar-refractivity contribution in [2.75, 3.05) is 12.3 Å². The molecule has 0 atom stereocenters. The predicted molar refractivity (Wildman–Crippen MR) is 111 cm³/mol. The van der Waals surface area contributed by atoms with E-state index in [-0.39, 0.29) is 12.4 Å². The molecule has 4 rings (SSSR count). The van der Waals surface area contributed by atoms with Crippen molar-refractivity contribution in [1.82, 2.24) is 20.4 Å². The van der Waals surface area contributed by atoms with Crippen molar-refractivity contribution in [2.24, 2.45) is 0 Å². The average Bonchev–Trinajstić information content (AvgIpc) is 3.14. The summed E-state index contributed by atoms with van der Waals surface area (Å²) in [6.07, 6.45) is 3.72. The van der Waals surface area contributed by atoms with Gasteiger partial charge in [0.15, 0.2) is 0 Å². The molecule has 3 aromatic rings. The van der Waals surface area contributed by atoms with Gasteiger partial charge in [0.1, 0.15) is 0 Å². The van der Waals surface area contributed by atoms with E-state index in [9.17, 15) is 0 Å². The van der Waals surface area contributed by atoms with Crippen molar-refractivity contribution >= 4 is 24.2 Å². The van der Waals surface area contributed by atoms with E-state index in [1.807, 2.05) is 30.9 Å². The third-order valence-corrected chi connectivity index (χ3v) is 5.63. The lowest BCUT2D eigenvalue weighted by Crippen LogP contribution is -2.24. The van der Waals surface area contributed by atoms with Crippen LogP contribution in [0.2, 0.25) is 0 Å². The number of halogens is 1. The number of benzene rings is 1. The van der Waals surface area contributed by atoms with Crippen LogP contribution in [0.4, 0.5) is 0 Å². The average molecular weight is 403 g/mol. The standard InChI is InChI=1S/C20H22N4OS.ClH/c1-14-19(17-7-9-21-11-16(17)12-22-14)20-23-18(25-24-20)8-10-26-13-15-5-3-2-4-6-15;/h2-6,12,21H,7-11,13H2,1H3;1H. The highest BCUT2D eigenvalue weighted by atomic mass is 35.5. The van der Waals surface area contributed by atoms with Gasteiger partial charge in [-0.25, -0.2) is 0 Å². The molecule has 7 heteroatoms. The first-order valence-electron chi connectivity index (χ1n) is 8.94. The number of nitrogens with zero attached hydrogens (tertiary/aromatic N) is 3. The number of fused-ring (bicyclic) bond motifs is 1. The fraction of sp³-hybridized carbons (Fsp3) is 0.350. The van der Waals surface area contributed by atoms with Crippen LogP contribution in [0.25, 0.3) is 11.4 Å². The monoisotopic (exact) mass is 402 g/mol. The lowest BCUT2D eigenvalue weighted by Gasteiger charge is -2.19. The molecule has 3 heterocycles. The second kappa shape index (κ2) is 9.35. The lowest BCUT2D eigenvalue weighted by atomic mass is 9.95. The second-order valence-electron chi connectivity index (χ2n) is 6.45. The molecule has 0 fully saturated rings. The molecule has 2 aromatic heterocycles. The quantitative estimate of drug-likeness (QED) is 0.629. The van der Waals surface area contributed by atoms with Gasteiger partial charge in [0.2, 0.25) is 11.7 Å². The second-order valence-corrected chi connectivity index (χ2v) is 7.55. The molecular formula is C20H23ClN4OS. The molecule has 1 aromatic carbocycles. The molecule has 0 saturated heterocycles. The summed E-state index contributed by atoms with van der Waals surface area (Å²) in [4.78, 5) is 9.16. The molecule has 27 heavy (non-hydrogen) atoms. The molecule has 0 saturated carbocycles. The molecule has 0 spiro atoms. The molecule has 142 valence electrons. The van der Waals surface area contributed by atoms with E-state index in [2.05, 4.69) is 44.7 Å². The number of hydrogen-bond donors (Lipinski definition) is 1. The fourth-order valence-electron chi connectivity index (χ4n) is 3.25. The van der Waals surface area contributed by atoms with E-state index in [1.54, 1.807) is 0 Å². The molecule has 0 aliphatic carbocycles. The van der Waals surface area contributed by atoms with E-state index in [4.69, 9.17) is 4.52 Å². The summed E-state index contributed by atoms with van der Waals surface area (Å²) in [5.74, 6) is 3.34. The summed E-state index contributed by atoms with van der Waals surface area (Å²) in [5.41, 5.74) is 5.91. The molecule has 0 unspecified atom stereocenters. The van der Waals surface area contributed by atoms with E-state index < -0.39 is 0 Å². The van der Waals surface area contributed by atoms with Crippen molar-refractivity contribution in [3.8, 4) is 11.4 Å². The molecule has 0 amide bonds. The highest BCUT2D eigenvalue weighted by molar-refractivity contribution is 7.98. The van der Waals surface area contributed by atoms with Gasteiger partial charge in [0, 0.05) is 41.9 Å². The number of rotatable bonds is 6. The first kappa shape index (κ1) is 19.9. The summed E-state index contributed by atoms with van der Waals surface area (Å²) in [6, 6.07) is 10.5. The van der Waals surface area contributed by atoms with Crippen LogP contribution >= 0.6 is 24.2 Å². The van der Waals surface area contributed by atoms with Gasteiger partial charge in [-0.2, -0.15) is 16.7 Å². The number of pyridine rings is 1. The van der Waals surface area contributed by atoms with Crippen molar-refractivity contribution < 1.29 is 4.52 Å². The zero-order valence-corrected chi connectivity index (χ0v) is 16.9. The summed E-state index contributed by atoms with van der Waals surface area (Å²) >= 11 is 1.88. The van der Waals surface area contributed by atoms with Crippen LogP contribution in [0.5, 0.6) is 0 Å². The van der Waals surface area contributed by atoms with Crippen LogP contribution in [0.3, 0.4) is 0 Å². The maximum Gasteiger partial charge on any atom is 0.227 e. The fourth-order valence-corrected chi connectivity index (χ4v) is 4.14. The lowest BCUT2D eigenvalue weighted by molar-refractivity contribution is 0.383. The van der Waals surface area contributed by atoms with Crippen molar-refractivity contribution in [3.63, 3.8) is 0 Å². The normalized spacial score (nSPS) is 13.1. The Morgan fingerprint density at radius 2 is 2.07 bits per heavy atom. The maximum absolute atomic E-state index is 5.50. The van der Waals surface area contributed by atoms with Crippen LogP contribution in [0.15, 0.2) is 41.1 Å². The first-order chi connectivity index (χ1) is 12.8. The van der Waals surface area contributed by atoms with Gasteiger partial charge >= 0.3 is 0 Å². The Kier molecular flexibility index (Phi) is 6.88. The number of hydrogen-bond acceptors (Lipinski definition) is 6. The van der Waals surface area contributed by atoms with Gasteiger partial charge in [-0.1, -0.05) is 35.5 Å².